The molecule has 3 aromatic rings. The zero-order valence-corrected chi connectivity index (χ0v) is 15.1. The van der Waals surface area contributed by atoms with Crippen LogP contribution >= 0.6 is 11.8 Å². The molecule has 2 aromatic heterocycles. The van der Waals surface area contributed by atoms with E-state index >= 15 is 0 Å². The number of pyridine rings is 1. The quantitative estimate of drug-likeness (QED) is 0.662. The highest BCUT2D eigenvalue weighted by molar-refractivity contribution is 7.98. The van der Waals surface area contributed by atoms with E-state index in [-0.39, 0.29) is 5.56 Å². The van der Waals surface area contributed by atoms with Crippen molar-refractivity contribution < 1.29 is 0 Å². The van der Waals surface area contributed by atoms with Crippen LogP contribution in [-0.4, -0.2) is 15.0 Å². The molecule has 128 valence electrons. The number of aryl methyl sites for hydroxylation is 2. The Morgan fingerprint density at radius 3 is 2.72 bits per heavy atom. The number of H-pyrrole nitrogens is 1. The second-order valence-electron chi connectivity index (χ2n) is 5.81. The average Bonchev–Trinajstić information content (AvgIpc) is 2.60. The summed E-state index contributed by atoms with van der Waals surface area (Å²) in [6, 6.07) is 12.2. The molecule has 0 unspecified atom stereocenters. The molecule has 0 atom stereocenters. The summed E-state index contributed by atoms with van der Waals surface area (Å²) in [5, 5.41) is 4.04. The van der Waals surface area contributed by atoms with E-state index in [2.05, 4.69) is 32.4 Å². The summed E-state index contributed by atoms with van der Waals surface area (Å²) in [5.41, 5.74) is 3.73. The molecule has 0 aliphatic rings. The Hall–Kier alpha value is -2.60. The first-order valence-electron chi connectivity index (χ1n) is 8.04. The lowest BCUT2D eigenvalue weighted by Crippen LogP contribution is -2.18. The van der Waals surface area contributed by atoms with Crippen LogP contribution in [0.2, 0.25) is 0 Å². The number of aromatic amines is 1. The molecule has 0 saturated carbocycles. The Morgan fingerprint density at radius 2 is 1.96 bits per heavy atom. The summed E-state index contributed by atoms with van der Waals surface area (Å²) in [6.07, 6.45) is 3.42. The van der Waals surface area contributed by atoms with Gasteiger partial charge in [0.1, 0.15) is 10.8 Å². The van der Waals surface area contributed by atoms with Crippen LogP contribution in [0.1, 0.15) is 22.4 Å². The average molecular weight is 352 g/mol. The van der Waals surface area contributed by atoms with E-state index in [1.165, 1.54) is 5.56 Å². The lowest BCUT2D eigenvalue weighted by Gasteiger charge is -2.09. The molecule has 0 aliphatic heterocycles. The highest BCUT2D eigenvalue weighted by atomic mass is 32.2. The van der Waals surface area contributed by atoms with E-state index in [9.17, 15) is 4.79 Å². The second kappa shape index (κ2) is 7.98. The van der Waals surface area contributed by atoms with E-state index in [0.717, 1.165) is 27.6 Å². The van der Waals surface area contributed by atoms with E-state index < -0.39 is 0 Å². The Labute approximate surface area is 150 Å². The van der Waals surface area contributed by atoms with Crippen molar-refractivity contribution in [3.05, 3.63) is 81.5 Å². The molecule has 0 radical (unpaired) electrons. The Kier molecular flexibility index (Phi) is 5.50. The molecule has 6 heteroatoms. The first-order valence-corrected chi connectivity index (χ1v) is 9.02. The summed E-state index contributed by atoms with van der Waals surface area (Å²) in [4.78, 5) is 23.7. The topological polar surface area (TPSA) is 70.7 Å². The minimum absolute atomic E-state index is 0.0624. The number of benzene rings is 1. The highest BCUT2D eigenvalue weighted by Gasteiger charge is 2.06. The van der Waals surface area contributed by atoms with Crippen molar-refractivity contribution in [3.8, 4) is 0 Å². The van der Waals surface area contributed by atoms with Crippen LogP contribution in [0.5, 0.6) is 0 Å². The maximum Gasteiger partial charge on any atom is 0.253 e. The molecule has 25 heavy (non-hydrogen) atoms. The van der Waals surface area contributed by atoms with E-state index in [1.54, 1.807) is 24.2 Å². The van der Waals surface area contributed by atoms with Gasteiger partial charge in [0.05, 0.1) is 12.4 Å². The molecule has 3 rings (SSSR count). The smallest absolute Gasteiger partial charge is 0.253 e. The number of aromatic nitrogens is 3. The fourth-order valence-electron chi connectivity index (χ4n) is 2.51. The van der Waals surface area contributed by atoms with Crippen LogP contribution in [0.25, 0.3) is 0 Å². The van der Waals surface area contributed by atoms with Gasteiger partial charge in [-0.1, -0.05) is 30.3 Å². The van der Waals surface area contributed by atoms with Crippen LogP contribution in [0.4, 0.5) is 5.82 Å². The van der Waals surface area contributed by atoms with Crippen molar-refractivity contribution >= 4 is 17.6 Å². The molecule has 5 nitrogen and oxygen atoms in total. The number of hydrogen-bond donors (Lipinski definition) is 2. The standard InChI is InChI=1S/C19H20N4OS/c1-13-8-14(2)22-19(24)16(13)9-21-17-10-20-11-18(23-17)25-12-15-6-4-3-5-7-15/h3-8,10-11H,9,12H2,1-2H3,(H,21,23)(H,22,24). The fraction of sp³-hybridized carbons (Fsp3) is 0.211. The molecule has 2 heterocycles. The molecule has 0 aliphatic carbocycles. The molecule has 0 saturated heterocycles. The minimum Gasteiger partial charge on any atom is -0.364 e. The molecular weight excluding hydrogens is 332 g/mol. The molecule has 0 bridgehead atoms. The van der Waals surface area contributed by atoms with Gasteiger partial charge in [-0.3, -0.25) is 9.78 Å². The van der Waals surface area contributed by atoms with Crippen molar-refractivity contribution in [1.29, 1.82) is 0 Å². The normalized spacial score (nSPS) is 10.6. The Balaban J connectivity index is 1.65. The van der Waals surface area contributed by atoms with Crippen molar-refractivity contribution in [2.45, 2.75) is 31.2 Å². The SMILES string of the molecule is Cc1cc(C)c(CNc2cncc(SCc3ccccc3)n2)c(=O)[nH]1. The number of thioether (sulfide) groups is 1. The first kappa shape index (κ1) is 17.2. The van der Waals surface area contributed by atoms with Crippen LogP contribution in [0.3, 0.4) is 0 Å². The van der Waals surface area contributed by atoms with Crippen molar-refractivity contribution in [3.63, 3.8) is 0 Å². The number of nitrogens with zero attached hydrogens (tertiary/aromatic N) is 2. The van der Waals surface area contributed by atoms with Gasteiger partial charge in [-0.05, 0) is 31.0 Å². The molecule has 1 aromatic carbocycles. The Bertz CT molecular complexity index is 909. The van der Waals surface area contributed by atoms with Gasteiger partial charge in [-0.2, -0.15) is 0 Å². The van der Waals surface area contributed by atoms with Crippen LogP contribution in [-0.2, 0) is 12.3 Å². The zero-order valence-electron chi connectivity index (χ0n) is 14.2. The van der Waals surface area contributed by atoms with E-state index in [0.29, 0.717) is 12.4 Å². The molecule has 2 N–H and O–H groups in total. The van der Waals surface area contributed by atoms with Gasteiger partial charge in [0, 0.05) is 23.6 Å². The van der Waals surface area contributed by atoms with Gasteiger partial charge >= 0.3 is 0 Å². The maximum absolute atomic E-state index is 12.1. The third-order valence-electron chi connectivity index (χ3n) is 3.78. The van der Waals surface area contributed by atoms with Gasteiger partial charge < -0.3 is 10.3 Å². The van der Waals surface area contributed by atoms with Gasteiger partial charge in [0.25, 0.3) is 5.56 Å². The Morgan fingerprint density at radius 1 is 1.16 bits per heavy atom. The monoisotopic (exact) mass is 352 g/mol. The minimum atomic E-state index is -0.0624. The first-order chi connectivity index (χ1) is 12.1. The number of anilines is 1. The number of nitrogens with one attached hydrogen (secondary N) is 2. The third kappa shape index (κ3) is 4.70. The van der Waals surface area contributed by atoms with Gasteiger partial charge in [-0.25, -0.2) is 4.98 Å². The van der Waals surface area contributed by atoms with Crippen molar-refractivity contribution in [1.82, 2.24) is 15.0 Å². The van der Waals surface area contributed by atoms with Gasteiger partial charge in [0.2, 0.25) is 0 Å². The number of hydrogen-bond acceptors (Lipinski definition) is 5. The van der Waals surface area contributed by atoms with Crippen LogP contribution < -0.4 is 10.9 Å². The summed E-state index contributed by atoms with van der Waals surface area (Å²) in [5.74, 6) is 1.51. The number of rotatable bonds is 6. The summed E-state index contributed by atoms with van der Waals surface area (Å²) in [6.45, 7) is 4.24. The van der Waals surface area contributed by atoms with Crippen LogP contribution in [0.15, 0.2) is 58.6 Å². The highest BCUT2D eigenvalue weighted by Crippen LogP contribution is 2.21. The fourth-order valence-corrected chi connectivity index (χ4v) is 3.32. The summed E-state index contributed by atoms with van der Waals surface area (Å²) < 4.78 is 0. The molecular formula is C19H20N4OS. The van der Waals surface area contributed by atoms with Crippen LogP contribution in [0, 0.1) is 13.8 Å². The molecule has 0 fully saturated rings. The predicted molar refractivity (Wildman–Crippen MR) is 102 cm³/mol. The molecule has 0 spiro atoms. The third-order valence-corrected chi connectivity index (χ3v) is 4.75. The van der Waals surface area contributed by atoms with Crippen molar-refractivity contribution in [2.24, 2.45) is 0 Å². The lowest BCUT2D eigenvalue weighted by molar-refractivity contribution is 0.978. The second-order valence-corrected chi connectivity index (χ2v) is 6.81. The zero-order chi connectivity index (χ0) is 17.6. The van der Waals surface area contributed by atoms with Crippen molar-refractivity contribution in [2.75, 3.05) is 5.32 Å². The van der Waals surface area contributed by atoms with E-state index in [4.69, 9.17) is 0 Å². The largest absolute Gasteiger partial charge is 0.364 e. The van der Waals surface area contributed by atoms with E-state index in [1.807, 2.05) is 38.1 Å². The van der Waals surface area contributed by atoms with Gasteiger partial charge in [0.15, 0.2) is 0 Å². The predicted octanol–water partition coefficient (Wildman–Crippen LogP) is 3.69. The lowest BCUT2D eigenvalue weighted by atomic mass is 10.1. The molecule has 0 amide bonds. The maximum atomic E-state index is 12.1. The summed E-state index contributed by atoms with van der Waals surface area (Å²) >= 11 is 1.64. The summed E-state index contributed by atoms with van der Waals surface area (Å²) in [7, 11) is 0. The van der Waals surface area contributed by atoms with Gasteiger partial charge in [-0.15, -0.1) is 11.8 Å².